The maximum atomic E-state index is 5.74. The molecule has 1 atom stereocenters. The first-order chi connectivity index (χ1) is 7.58. The fourth-order valence-electron chi connectivity index (χ4n) is 1.26. The molecule has 1 unspecified atom stereocenters. The molecule has 1 aromatic carbocycles. The molecule has 6 heteroatoms. The molecule has 2 N–H and O–H groups in total. The fraction of sp³-hybridized carbons (Fsp3) is 0.200. The molecule has 0 saturated heterocycles. The molecule has 1 aromatic heterocycles. The number of nitrogens with zero attached hydrogens (tertiary/aromatic N) is 3. The minimum atomic E-state index is -0.111. The van der Waals surface area contributed by atoms with E-state index in [1.165, 1.54) is 0 Å². The summed E-state index contributed by atoms with van der Waals surface area (Å²) < 4.78 is 3.65. The molecule has 0 aliphatic rings. The summed E-state index contributed by atoms with van der Waals surface area (Å²) in [5, 5.41) is 8.06. The maximum Gasteiger partial charge on any atom is 0.0995 e. The van der Waals surface area contributed by atoms with Gasteiger partial charge in [-0.15, -0.1) is 5.10 Å². The lowest BCUT2D eigenvalue weighted by molar-refractivity contribution is 0.756. The highest BCUT2D eigenvalue weighted by atomic mass is 79.9. The van der Waals surface area contributed by atoms with Crippen LogP contribution >= 0.6 is 31.9 Å². The van der Waals surface area contributed by atoms with Crippen molar-refractivity contribution in [3.05, 3.63) is 39.0 Å². The van der Waals surface area contributed by atoms with Gasteiger partial charge in [0.15, 0.2) is 0 Å². The van der Waals surface area contributed by atoms with Crippen molar-refractivity contribution in [1.82, 2.24) is 15.0 Å². The lowest BCUT2D eigenvalue weighted by Gasteiger charge is -2.03. The van der Waals surface area contributed by atoms with E-state index in [1.54, 1.807) is 4.68 Å². The first-order valence-corrected chi connectivity index (χ1v) is 6.30. The van der Waals surface area contributed by atoms with Gasteiger partial charge in [0.05, 0.1) is 17.6 Å². The van der Waals surface area contributed by atoms with Crippen LogP contribution in [0.1, 0.15) is 18.7 Å². The molecule has 84 valence electrons. The minimum absolute atomic E-state index is 0.111. The van der Waals surface area contributed by atoms with Crippen LogP contribution in [0.4, 0.5) is 0 Å². The van der Waals surface area contributed by atoms with Gasteiger partial charge in [-0.3, -0.25) is 0 Å². The van der Waals surface area contributed by atoms with E-state index < -0.39 is 0 Å². The van der Waals surface area contributed by atoms with Crippen LogP contribution in [-0.4, -0.2) is 15.0 Å². The third-order valence-electron chi connectivity index (χ3n) is 2.13. The van der Waals surface area contributed by atoms with Gasteiger partial charge in [-0.25, -0.2) is 4.68 Å². The van der Waals surface area contributed by atoms with Crippen molar-refractivity contribution < 1.29 is 0 Å². The number of benzene rings is 1. The molecule has 0 spiro atoms. The number of hydrogen-bond acceptors (Lipinski definition) is 3. The lowest BCUT2D eigenvalue weighted by Crippen LogP contribution is -2.04. The normalized spacial score (nSPS) is 12.8. The second kappa shape index (κ2) is 4.65. The number of rotatable bonds is 2. The largest absolute Gasteiger partial charge is 0.323 e. The summed E-state index contributed by atoms with van der Waals surface area (Å²) >= 11 is 6.90. The summed E-state index contributed by atoms with van der Waals surface area (Å²) in [6, 6.07) is 5.76. The predicted molar refractivity (Wildman–Crippen MR) is 69.4 cm³/mol. The Balaban J connectivity index is 2.46. The van der Waals surface area contributed by atoms with Crippen LogP contribution in [0.5, 0.6) is 0 Å². The first-order valence-electron chi connectivity index (χ1n) is 4.71. The summed E-state index contributed by atoms with van der Waals surface area (Å²) in [4.78, 5) is 0. The Labute approximate surface area is 110 Å². The first kappa shape index (κ1) is 11.8. The summed E-state index contributed by atoms with van der Waals surface area (Å²) in [5.74, 6) is 0. The zero-order valence-electron chi connectivity index (χ0n) is 8.56. The van der Waals surface area contributed by atoms with Gasteiger partial charge in [-0.1, -0.05) is 21.1 Å². The Morgan fingerprint density at radius 3 is 2.75 bits per heavy atom. The van der Waals surface area contributed by atoms with Crippen molar-refractivity contribution in [3.8, 4) is 5.69 Å². The average molecular weight is 346 g/mol. The van der Waals surface area contributed by atoms with E-state index >= 15 is 0 Å². The lowest BCUT2D eigenvalue weighted by atomic mass is 10.3. The molecule has 1 heterocycles. The third-order valence-corrected chi connectivity index (χ3v) is 3.30. The van der Waals surface area contributed by atoms with E-state index in [9.17, 15) is 0 Å². The van der Waals surface area contributed by atoms with Gasteiger partial charge in [0.25, 0.3) is 0 Å². The minimum Gasteiger partial charge on any atom is -0.323 e. The van der Waals surface area contributed by atoms with E-state index in [4.69, 9.17) is 5.73 Å². The van der Waals surface area contributed by atoms with Crippen molar-refractivity contribution in [2.24, 2.45) is 5.73 Å². The maximum absolute atomic E-state index is 5.74. The second-order valence-electron chi connectivity index (χ2n) is 3.47. The smallest absolute Gasteiger partial charge is 0.0995 e. The molecule has 0 bridgehead atoms. The molecule has 0 aliphatic heterocycles. The van der Waals surface area contributed by atoms with Crippen LogP contribution in [0.15, 0.2) is 33.3 Å². The van der Waals surface area contributed by atoms with Crippen LogP contribution in [0.2, 0.25) is 0 Å². The Hall–Kier alpha value is -0.720. The second-order valence-corrected chi connectivity index (χ2v) is 5.24. The Morgan fingerprint density at radius 2 is 2.12 bits per heavy atom. The van der Waals surface area contributed by atoms with Crippen molar-refractivity contribution in [1.29, 1.82) is 0 Å². The van der Waals surface area contributed by atoms with E-state index in [1.807, 2.05) is 31.3 Å². The molecule has 2 rings (SSSR count). The summed E-state index contributed by atoms with van der Waals surface area (Å²) in [5.41, 5.74) is 7.43. The SMILES string of the molecule is CC(N)c1cn(-c2cc(Br)ccc2Br)nn1. The third kappa shape index (κ3) is 2.34. The Morgan fingerprint density at radius 1 is 1.38 bits per heavy atom. The highest BCUT2D eigenvalue weighted by Crippen LogP contribution is 2.24. The number of halogens is 2. The monoisotopic (exact) mass is 344 g/mol. The molecule has 2 aromatic rings. The highest BCUT2D eigenvalue weighted by molar-refractivity contribution is 9.11. The zero-order valence-corrected chi connectivity index (χ0v) is 11.7. The van der Waals surface area contributed by atoms with Gasteiger partial charge >= 0.3 is 0 Å². The molecule has 0 fully saturated rings. The van der Waals surface area contributed by atoms with Gasteiger partial charge < -0.3 is 5.73 Å². The topological polar surface area (TPSA) is 56.7 Å². The van der Waals surface area contributed by atoms with Gasteiger partial charge in [0, 0.05) is 15.0 Å². The molecule has 4 nitrogen and oxygen atoms in total. The molecule has 0 saturated carbocycles. The van der Waals surface area contributed by atoms with Gasteiger partial charge in [0.1, 0.15) is 0 Å². The zero-order chi connectivity index (χ0) is 11.7. The van der Waals surface area contributed by atoms with E-state index in [2.05, 4.69) is 42.2 Å². The van der Waals surface area contributed by atoms with Crippen molar-refractivity contribution >= 4 is 31.9 Å². The quantitative estimate of drug-likeness (QED) is 0.910. The number of hydrogen-bond donors (Lipinski definition) is 1. The number of nitrogens with two attached hydrogens (primary N) is 1. The van der Waals surface area contributed by atoms with Crippen LogP contribution in [0.25, 0.3) is 5.69 Å². The average Bonchev–Trinajstić information content (AvgIpc) is 2.70. The Bertz CT molecular complexity index is 507. The highest BCUT2D eigenvalue weighted by Gasteiger charge is 2.09. The van der Waals surface area contributed by atoms with Crippen molar-refractivity contribution in [3.63, 3.8) is 0 Å². The van der Waals surface area contributed by atoms with Crippen LogP contribution in [0, 0.1) is 0 Å². The molecule has 0 amide bonds. The van der Waals surface area contributed by atoms with E-state index in [-0.39, 0.29) is 6.04 Å². The Kier molecular flexibility index (Phi) is 3.41. The summed E-state index contributed by atoms with van der Waals surface area (Å²) in [7, 11) is 0. The van der Waals surface area contributed by atoms with Crippen molar-refractivity contribution in [2.45, 2.75) is 13.0 Å². The van der Waals surface area contributed by atoms with Crippen LogP contribution in [0.3, 0.4) is 0 Å². The van der Waals surface area contributed by atoms with Gasteiger partial charge in [0.2, 0.25) is 0 Å². The molecular weight excluding hydrogens is 336 g/mol. The van der Waals surface area contributed by atoms with Gasteiger partial charge in [-0.05, 0) is 41.1 Å². The summed E-state index contributed by atoms with van der Waals surface area (Å²) in [6.45, 7) is 1.88. The van der Waals surface area contributed by atoms with Crippen LogP contribution < -0.4 is 5.73 Å². The molecule has 16 heavy (non-hydrogen) atoms. The van der Waals surface area contributed by atoms with Gasteiger partial charge in [-0.2, -0.15) is 0 Å². The fourth-order valence-corrected chi connectivity index (χ4v) is 2.04. The predicted octanol–water partition coefficient (Wildman–Crippen LogP) is 2.81. The van der Waals surface area contributed by atoms with Crippen molar-refractivity contribution in [2.75, 3.05) is 0 Å². The van der Waals surface area contributed by atoms with Crippen LogP contribution in [-0.2, 0) is 0 Å². The molecule has 0 radical (unpaired) electrons. The molecule has 0 aliphatic carbocycles. The van der Waals surface area contributed by atoms with E-state index in [0.29, 0.717) is 0 Å². The standard InChI is InChI=1S/C10H10Br2N4/c1-6(13)9-5-16(15-14-9)10-4-7(11)2-3-8(10)12/h2-6H,13H2,1H3. The number of aromatic nitrogens is 3. The van der Waals surface area contributed by atoms with E-state index in [0.717, 1.165) is 20.3 Å². The summed E-state index contributed by atoms with van der Waals surface area (Å²) in [6.07, 6.45) is 1.83. The molecular formula is C10H10Br2N4.